The molecule has 0 saturated heterocycles. The van der Waals surface area contributed by atoms with Gasteiger partial charge in [-0.1, -0.05) is 12.1 Å². The predicted molar refractivity (Wildman–Crippen MR) is 75.7 cm³/mol. The van der Waals surface area contributed by atoms with Crippen LogP contribution in [0.25, 0.3) is 22.3 Å². The van der Waals surface area contributed by atoms with Gasteiger partial charge in [0.1, 0.15) is 5.82 Å². The summed E-state index contributed by atoms with van der Waals surface area (Å²) in [6, 6.07) is 6.74. The van der Waals surface area contributed by atoms with Crippen molar-refractivity contribution in [2.75, 3.05) is 5.73 Å². The molecule has 1 aromatic carbocycles. The van der Waals surface area contributed by atoms with Gasteiger partial charge in [-0.2, -0.15) is 5.10 Å². The number of anilines is 1. The van der Waals surface area contributed by atoms with Crippen LogP contribution >= 0.6 is 0 Å². The normalized spacial score (nSPS) is 13.8. The molecule has 0 bridgehead atoms. The first-order valence-corrected chi connectivity index (χ1v) is 6.66. The Kier molecular flexibility index (Phi) is 2.30. The van der Waals surface area contributed by atoms with E-state index < -0.39 is 0 Å². The zero-order valence-corrected chi connectivity index (χ0v) is 10.8. The predicted octanol–water partition coefficient (Wildman–Crippen LogP) is 2.83. The number of H-pyrrole nitrogens is 1. The summed E-state index contributed by atoms with van der Waals surface area (Å²) in [7, 11) is 0. The maximum atomic E-state index is 14.1. The fourth-order valence-corrected chi connectivity index (χ4v) is 3.06. The summed E-state index contributed by atoms with van der Waals surface area (Å²) >= 11 is 0. The molecule has 20 heavy (non-hydrogen) atoms. The molecule has 0 spiro atoms. The molecule has 0 fully saturated rings. The summed E-state index contributed by atoms with van der Waals surface area (Å²) in [6.45, 7) is 0. The lowest BCUT2D eigenvalue weighted by Gasteiger charge is -2.10. The van der Waals surface area contributed by atoms with Crippen LogP contribution in [-0.2, 0) is 12.8 Å². The molecule has 100 valence electrons. The van der Waals surface area contributed by atoms with Crippen LogP contribution in [0.15, 0.2) is 24.3 Å². The minimum Gasteiger partial charge on any atom is -0.382 e. The zero-order chi connectivity index (χ0) is 13.7. The molecular weight excluding hydrogens is 255 g/mol. The first-order valence-electron chi connectivity index (χ1n) is 6.66. The summed E-state index contributed by atoms with van der Waals surface area (Å²) in [5, 5.41) is 7.77. The Morgan fingerprint density at radius 3 is 2.80 bits per heavy atom. The Bertz CT molecular complexity index is 822. The van der Waals surface area contributed by atoms with Crippen LogP contribution in [0.2, 0.25) is 0 Å². The number of aromatic nitrogens is 3. The van der Waals surface area contributed by atoms with Gasteiger partial charge in [-0.3, -0.25) is 5.10 Å². The number of benzene rings is 1. The van der Waals surface area contributed by atoms with E-state index in [0.29, 0.717) is 22.7 Å². The second-order valence-electron chi connectivity index (χ2n) is 5.08. The van der Waals surface area contributed by atoms with Crippen molar-refractivity contribution in [1.29, 1.82) is 0 Å². The standard InChI is InChI=1S/C15H13FN4/c16-11-7-2-1-4-10(11)13-9-6-3-5-8(9)12-14(17)19-20-15(12)18-13/h1-2,4,7H,3,5-6H2,(H3,17,18,19,20). The van der Waals surface area contributed by atoms with E-state index in [-0.39, 0.29) is 5.82 Å². The Morgan fingerprint density at radius 1 is 1.15 bits per heavy atom. The number of rotatable bonds is 1. The van der Waals surface area contributed by atoms with Crippen LogP contribution in [0.4, 0.5) is 10.2 Å². The SMILES string of the molecule is Nc1n[nH]c2nc(-c3ccccc3F)c3c(c12)CCC3. The van der Waals surface area contributed by atoms with Crippen LogP contribution in [-0.4, -0.2) is 15.2 Å². The summed E-state index contributed by atoms with van der Waals surface area (Å²) in [6.07, 6.45) is 2.90. The van der Waals surface area contributed by atoms with Gasteiger partial charge in [0.25, 0.3) is 0 Å². The molecule has 5 heteroatoms. The molecule has 4 rings (SSSR count). The van der Waals surface area contributed by atoms with E-state index in [0.717, 1.165) is 30.2 Å². The van der Waals surface area contributed by atoms with Crippen molar-refractivity contribution in [1.82, 2.24) is 15.2 Å². The molecule has 3 N–H and O–H groups in total. The fourth-order valence-electron chi connectivity index (χ4n) is 3.06. The average Bonchev–Trinajstić information content (AvgIpc) is 3.05. The van der Waals surface area contributed by atoms with Gasteiger partial charge in [-0.15, -0.1) is 0 Å². The third-order valence-corrected chi connectivity index (χ3v) is 3.93. The molecule has 0 amide bonds. The van der Waals surface area contributed by atoms with Gasteiger partial charge < -0.3 is 5.73 Å². The number of pyridine rings is 1. The lowest BCUT2D eigenvalue weighted by atomic mass is 10.0. The quantitative estimate of drug-likeness (QED) is 0.713. The summed E-state index contributed by atoms with van der Waals surface area (Å²) in [4.78, 5) is 4.56. The fraction of sp³-hybridized carbons (Fsp3) is 0.200. The maximum absolute atomic E-state index is 14.1. The van der Waals surface area contributed by atoms with Gasteiger partial charge in [0.15, 0.2) is 11.5 Å². The smallest absolute Gasteiger partial charge is 0.158 e. The number of nitrogens with two attached hydrogens (primary N) is 1. The van der Waals surface area contributed by atoms with E-state index in [9.17, 15) is 4.39 Å². The third-order valence-electron chi connectivity index (χ3n) is 3.93. The van der Waals surface area contributed by atoms with Gasteiger partial charge in [-0.05, 0) is 42.5 Å². The highest BCUT2D eigenvalue weighted by Crippen LogP contribution is 2.37. The molecule has 1 aliphatic carbocycles. The van der Waals surface area contributed by atoms with E-state index in [2.05, 4.69) is 15.2 Å². The zero-order valence-electron chi connectivity index (χ0n) is 10.8. The number of aromatic amines is 1. The molecule has 0 radical (unpaired) electrons. The Hall–Kier alpha value is -2.43. The Labute approximate surface area is 114 Å². The first-order chi connectivity index (χ1) is 9.75. The number of nitrogens with zero attached hydrogens (tertiary/aromatic N) is 2. The average molecular weight is 268 g/mol. The number of halogens is 1. The van der Waals surface area contributed by atoms with Gasteiger partial charge in [0.2, 0.25) is 0 Å². The molecule has 0 atom stereocenters. The molecule has 3 aromatic rings. The van der Waals surface area contributed by atoms with Crippen molar-refractivity contribution in [3.8, 4) is 11.3 Å². The monoisotopic (exact) mass is 268 g/mol. The van der Waals surface area contributed by atoms with Crippen molar-refractivity contribution < 1.29 is 4.39 Å². The van der Waals surface area contributed by atoms with Crippen molar-refractivity contribution >= 4 is 16.9 Å². The number of hydrogen-bond acceptors (Lipinski definition) is 3. The highest BCUT2D eigenvalue weighted by Gasteiger charge is 2.24. The second-order valence-corrected chi connectivity index (χ2v) is 5.08. The number of nitrogen functional groups attached to an aromatic ring is 1. The maximum Gasteiger partial charge on any atom is 0.158 e. The summed E-state index contributed by atoms with van der Waals surface area (Å²) in [5.74, 6) is 0.228. The summed E-state index contributed by atoms with van der Waals surface area (Å²) < 4.78 is 14.1. The van der Waals surface area contributed by atoms with E-state index >= 15 is 0 Å². The van der Waals surface area contributed by atoms with Crippen molar-refractivity contribution in [3.05, 3.63) is 41.2 Å². The number of nitrogens with one attached hydrogen (secondary N) is 1. The summed E-state index contributed by atoms with van der Waals surface area (Å²) in [5.41, 5.74) is 10.1. The second kappa shape index (κ2) is 4.03. The van der Waals surface area contributed by atoms with Crippen LogP contribution < -0.4 is 5.73 Å². The minimum absolute atomic E-state index is 0.249. The third kappa shape index (κ3) is 1.46. The molecule has 1 aliphatic rings. The van der Waals surface area contributed by atoms with E-state index in [4.69, 9.17) is 5.73 Å². The molecule has 4 nitrogen and oxygen atoms in total. The highest BCUT2D eigenvalue weighted by atomic mass is 19.1. The Morgan fingerprint density at radius 2 is 1.95 bits per heavy atom. The van der Waals surface area contributed by atoms with Crippen LogP contribution in [0.3, 0.4) is 0 Å². The van der Waals surface area contributed by atoms with Crippen LogP contribution in [0.1, 0.15) is 17.5 Å². The first kappa shape index (κ1) is 11.4. The van der Waals surface area contributed by atoms with Gasteiger partial charge >= 0.3 is 0 Å². The molecule has 0 unspecified atom stereocenters. The topological polar surface area (TPSA) is 67.6 Å². The van der Waals surface area contributed by atoms with E-state index in [1.54, 1.807) is 12.1 Å². The van der Waals surface area contributed by atoms with Crippen LogP contribution in [0, 0.1) is 5.82 Å². The minimum atomic E-state index is -0.249. The molecule has 2 aromatic heterocycles. The van der Waals surface area contributed by atoms with Gasteiger partial charge in [0, 0.05) is 5.56 Å². The Balaban J connectivity index is 2.09. The number of fused-ring (bicyclic) bond motifs is 3. The lowest BCUT2D eigenvalue weighted by molar-refractivity contribution is 0.630. The van der Waals surface area contributed by atoms with Gasteiger partial charge in [0.05, 0.1) is 11.1 Å². The van der Waals surface area contributed by atoms with Gasteiger partial charge in [-0.25, -0.2) is 9.37 Å². The number of aryl methyl sites for hydroxylation is 1. The van der Waals surface area contributed by atoms with Crippen molar-refractivity contribution in [3.63, 3.8) is 0 Å². The van der Waals surface area contributed by atoms with E-state index in [1.165, 1.54) is 11.6 Å². The van der Waals surface area contributed by atoms with Crippen molar-refractivity contribution in [2.45, 2.75) is 19.3 Å². The highest BCUT2D eigenvalue weighted by molar-refractivity contribution is 5.93. The largest absolute Gasteiger partial charge is 0.382 e. The van der Waals surface area contributed by atoms with Crippen LogP contribution in [0.5, 0.6) is 0 Å². The molecule has 0 saturated carbocycles. The number of hydrogen-bond donors (Lipinski definition) is 2. The van der Waals surface area contributed by atoms with E-state index in [1.807, 2.05) is 6.07 Å². The molecule has 2 heterocycles. The molecular formula is C15H13FN4. The lowest BCUT2D eigenvalue weighted by Crippen LogP contribution is -1.97. The molecule has 0 aliphatic heterocycles. The van der Waals surface area contributed by atoms with Crippen molar-refractivity contribution in [2.24, 2.45) is 0 Å².